The molecule has 0 heterocycles. The van der Waals surface area contributed by atoms with Gasteiger partial charge in [0.1, 0.15) is 0 Å². The van der Waals surface area contributed by atoms with Crippen LogP contribution >= 0.6 is 12.6 Å². The van der Waals surface area contributed by atoms with Crippen LogP contribution in [0.5, 0.6) is 0 Å². The first-order chi connectivity index (χ1) is 5.40. The minimum atomic E-state index is -4.76. The van der Waals surface area contributed by atoms with Crippen LogP contribution in [0.25, 0.3) is 0 Å². The summed E-state index contributed by atoms with van der Waals surface area (Å²) in [5, 5.41) is -2.82. The fourth-order valence-corrected chi connectivity index (χ4v) is 0.896. The Morgan fingerprint density at radius 3 is 1.38 bits per heavy atom. The van der Waals surface area contributed by atoms with Gasteiger partial charge in [0.25, 0.3) is 0 Å². The topological polar surface area (TPSA) is 0 Å². The highest BCUT2D eigenvalue weighted by atomic mass is 32.1. The Balaban J connectivity index is 4.86. The Morgan fingerprint density at radius 2 is 1.31 bits per heavy atom. The molecule has 0 spiro atoms. The van der Waals surface area contributed by atoms with Crippen LogP contribution in [-0.4, -0.2) is 16.8 Å². The minimum absolute atomic E-state index is 0.554. The van der Waals surface area contributed by atoms with Crippen molar-refractivity contribution >= 4 is 12.6 Å². The van der Waals surface area contributed by atoms with Crippen LogP contribution in [0.2, 0.25) is 0 Å². The molecule has 0 aromatic rings. The predicted molar refractivity (Wildman–Crippen MR) is 43.2 cm³/mol. The van der Waals surface area contributed by atoms with E-state index in [1.807, 2.05) is 0 Å². The molecule has 0 bridgehead atoms. The van der Waals surface area contributed by atoms with Crippen molar-refractivity contribution in [3.63, 3.8) is 0 Å². The largest absolute Gasteiger partial charge is 0.394 e. The number of alkyl halides is 5. The average Bonchev–Trinajstić information content (AvgIpc) is 1.81. The van der Waals surface area contributed by atoms with Crippen LogP contribution in [-0.2, 0) is 0 Å². The van der Waals surface area contributed by atoms with Crippen LogP contribution < -0.4 is 0 Å². The van der Waals surface area contributed by atoms with E-state index in [-0.39, 0.29) is 0 Å². The Morgan fingerprint density at radius 1 is 1.00 bits per heavy atom. The van der Waals surface area contributed by atoms with Crippen molar-refractivity contribution in [1.29, 1.82) is 0 Å². The predicted octanol–water partition coefficient (Wildman–Crippen LogP) is 3.53. The summed E-state index contributed by atoms with van der Waals surface area (Å²) in [7, 11) is 0. The second-order valence-corrected chi connectivity index (χ2v) is 4.13. The molecule has 0 rings (SSSR count). The summed E-state index contributed by atoms with van der Waals surface area (Å²) in [5.41, 5.74) is -3.05. The molecule has 0 nitrogen and oxygen atoms in total. The third-order valence-electron chi connectivity index (χ3n) is 2.20. The van der Waals surface area contributed by atoms with Gasteiger partial charge in [0.05, 0.1) is 5.92 Å². The minimum Gasteiger partial charge on any atom is -0.239 e. The number of halogens is 5. The molecule has 0 aromatic heterocycles. The van der Waals surface area contributed by atoms with Crippen LogP contribution in [0.1, 0.15) is 20.8 Å². The molecule has 0 aliphatic heterocycles. The van der Waals surface area contributed by atoms with Crippen molar-refractivity contribution in [2.75, 3.05) is 0 Å². The lowest BCUT2D eigenvalue weighted by atomic mass is 9.88. The maximum atomic E-state index is 13.3. The second kappa shape index (κ2) is 3.29. The summed E-state index contributed by atoms with van der Waals surface area (Å²) in [6.07, 6.45) is -4.76. The van der Waals surface area contributed by atoms with Gasteiger partial charge < -0.3 is 0 Å². The molecule has 3 atom stereocenters. The highest BCUT2D eigenvalue weighted by molar-refractivity contribution is 7.81. The van der Waals surface area contributed by atoms with Gasteiger partial charge in [0.2, 0.25) is 0 Å². The Labute approximate surface area is 78.9 Å². The van der Waals surface area contributed by atoms with Crippen molar-refractivity contribution in [3.05, 3.63) is 0 Å². The molecule has 0 aliphatic rings. The monoisotopic (exact) mass is 222 g/mol. The summed E-state index contributed by atoms with van der Waals surface area (Å²) in [6, 6.07) is 0. The molecule has 0 aromatic carbocycles. The molecule has 3 unspecified atom stereocenters. The van der Waals surface area contributed by atoms with Gasteiger partial charge in [0.15, 0.2) is 10.7 Å². The zero-order chi connectivity index (χ0) is 11.1. The number of hydrogen-bond donors (Lipinski definition) is 1. The summed E-state index contributed by atoms with van der Waals surface area (Å²) in [4.78, 5) is 0. The number of hydrogen-bond acceptors (Lipinski definition) is 1. The molecule has 0 aliphatic carbocycles. The van der Waals surface area contributed by atoms with Crippen molar-refractivity contribution in [3.8, 4) is 0 Å². The maximum Gasteiger partial charge on any atom is 0.394 e. The van der Waals surface area contributed by atoms with E-state index in [0.717, 1.165) is 0 Å². The zero-order valence-electron chi connectivity index (χ0n) is 7.41. The second-order valence-electron chi connectivity index (χ2n) is 3.29. The summed E-state index contributed by atoms with van der Waals surface area (Å²) in [6.45, 7) is 1.81. The van der Waals surface area contributed by atoms with Crippen LogP contribution in [0, 0.1) is 5.92 Å². The summed E-state index contributed by atoms with van der Waals surface area (Å²) >= 11 is 3.16. The van der Waals surface area contributed by atoms with E-state index >= 15 is 0 Å². The van der Waals surface area contributed by atoms with Crippen molar-refractivity contribution in [2.24, 2.45) is 5.92 Å². The van der Waals surface area contributed by atoms with Gasteiger partial charge in [0, 0.05) is 0 Å². The standard InChI is InChI=1S/C7H11F5S/c1-4(7(10,11)12)5(2,8)6(3,9)13/h4,13H,1-3H3. The van der Waals surface area contributed by atoms with Gasteiger partial charge in [-0.3, -0.25) is 0 Å². The van der Waals surface area contributed by atoms with Gasteiger partial charge in [-0.15, -0.1) is 12.6 Å². The van der Waals surface area contributed by atoms with Crippen molar-refractivity contribution in [1.82, 2.24) is 0 Å². The Bertz CT molecular complexity index is 178. The lowest BCUT2D eigenvalue weighted by Gasteiger charge is -2.35. The Kier molecular flexibility index (Phi) is 3.29. The molecule has 0 amide bonds. The van der Waals surface area contributed by atoms with E-state index in [1.54, 1.807) is 0 Å². The fraction of sp³-hybridized carbons (Fsp3) is 1.00. The highest BCUT2D eigenvalue weighted by Gasteiger charge is 2.57. The third kappa shape index (κ3) is 2.72. The van der Waals surface area contributed by atoms with Crippen LogP contribution in [0.15, 0.2) is 0 Å². The molecule has 0 saturated heterocycles. The van der Waals surface area contributed by atoms with Crippen LogP contribution in [0.4, 0.5) is 22.0 Å². The van der Waals surface area contributed by atoms with E-state index in [4.69, 9.17) is 0 Å². The van der Waals surface area contributed by atoms with E-state index in [9.17, 15) is 22.0 Å². The van der Waals surface area contributed by atoms with E-state index in [0.29, 0.717) is 20.8 Å². The molecule has 0 radical (unpaired) electrons. The van der Waals surface area contributed by atoms with Crippen molar-refractivity contribution < 1.29 is 22.0 Å². The van der Waals surface area contributed by atoms with Gasteiger partial charge in [-0.05, 0) is 13.8 Å². The summed E-state index contributed by atoms with van der Waals surface area (Å²) in [5.74, 6) is -2.40. The van der Waals surface area contributed by atoms with Gasteiger partial charge in [-0.1, -0.05) is 6.92 Å². The molecule has 0 saturated carbocycles. The first-order valence-corrected chi connectivity index (χ1v) is 4.02. The smallest absolute Gasteiger partial charge is 0.239 e. The van der Waals surface area contributed by atoms with E-state index in [2.05, 4.69) is 12.6 Å². The van der Waals surface area contributed by atoms with Gasteiger partial charge >= 0.3 is 6.18 Å². The number of thiol groups is 1. The number of rotatable bonds is 2. The normalized spacial score (nSPS) is 24.7. The van der Waals surface area contributed by atoms with Gasteiger partial charge in [-0.2, -0.15) is 13.2 Å². The lowest BCUT2D eigenvalue weighted by Crippen LogP contribution is -2.49. The molecular weight excluding hydrogens is 211 g/mol. The van der Waals surface area contributed by atoms with E-state index in [1.165, 1.54) is 0 Å². The molecule has 6 heteroatoms. The third-order valence-corrected chi connectivity index (χ3v) is 2.63. The molecule has 13 heavy (non-hydrogen) atoms. The quantitative estimate of drug-likeness (QED) is 0.536. The molecule has 0 N–H and O–H groups in total. The first kappa shape index (κ1) is 13.0. The zero-order valence-corrected chi connectivity index (χ0v) is 8.31. The van der Waals surface area contributed by atoms with E-state index < -0.39 is 22.8 Å². The van der Waals surface area contributed by atoms with Gasteiger partial charge in [-0.25, -0.2) is 8.78 Å². The summed E-state index contributed by atoms with van der Waals surface area (Å²) < 4.78 is 62.4. The van der Waals surface area contributed by atoms with Crippen LogP contribution in [0.3, 0.4) is 0 Å². The Hall–Kier alpha value is -0.0000000000000000555. The fourth-order valence-electron chi connectivity index (χ4n) is 0.703. The molecule has 80 valence electrons. The van der Waals surface area contributed by atoms with Crippen molar-refractivity contribution in [2.45, 2.75) is 37.6 Å². The lowest BCUT2D eigenvalue weighted by molar-refractivity contribution is -0.214. The SMILES string of the molecule is CC(C(F)(F)F)C(C)(F)C(C)(F)S. The molecular formula is C7H11F5S. The maximum absolute atomic E-state index is 13.3. The average molecular weight is 222 g/mol. The highest BCUT2D eigenvalue weighted by Crippen LogP contribution is 2.45. The first-order valence-electron chi connectivity index (χ1n) is 3.57. The molecule has 0 fully saturated rings.